The van der Waals surface area contributed by atoms with Crippen molar-refractivity contribution in [3.63, 3.8) is 0 Å². The second kappa shape index (κ2) is 10.5. The normalized spacial score (nSPS) is 14.9. The van der Waals surface area contributed by atoms with E-state index in [4.69, 9.17) is 14.2 Å². The molecular weight excluding hydrogens is 471 g/mol. The maximum Gasteiger partial charge on any atom is 0.227 e. The van der Waals surface area contributed by atoms with Crippen molar-refractivity contribution in [1.82, 2.24) is 9.88 Å². The molecule has 0 saturated heterocycles. The van der Waals surface area contributed by atoms with Crippen LogP contribution in [0.5, 0.6) is 17.2 Å². The minimum Gasteiger partial charge on any atom is -0.497 e. The lowest BCUT2D eigenvalue weighted by Crippen LogP contribution is -2.41. The molecule has 1 amide bonds. The summed E-state index contributed by atoms with van der Waals surface area (Å²) in [7, 11) is 1.65. The average Bonchev–Trinajstić information content (AvgIpc) is 3.28. The molecule has 192 valence electrons. The number of rotatable bonds is 8. The zero-order valence-corrected chi connectivity index (χ0v) is 21.3. The molecule has 7 heteroatoms. The number of nitrogens with zero attached hydrogens (tertiary/aromatic N) is 1. The number of aromatic nitrogens is 1. The van der Waals surface area contributed by atoms with Crippen LogP contribution in [-0.2, 0) is 17.6 Å². The maximum absolute atomic E-state index is 13.9. The number of aromatic amines is 1. The molecule has 0 bridgehead atoms. The summed E-state index contributed by atoms with van der Waals surface area (Å²) in [5.74, 6) is 1.67. The lowest BCUT2D eigenvalue weighted by molar-refractivity contribution is -0.132. The number of amides is 1. The van der Waals surface area contributed by atoms with Gasteiger partial charge in [0.15, 0.2) is 11.5 Å². The fraction of sp³-hybridized carbons (Fsp3) is 0.300. The predicted octanol–water partition coefficient (Wildman–Crippen LogP) is 5.83. The fourth-order valence-corrected chi connectivity index (χ4v) is 5.20. The molecule has 1 N–H and O–H groups in total. The summed E-state index contributed by atoms with van der Waals surface area (Å²) >= 11 is 0. The second-order valence-electron chi connectivity index (χ2n) is 9.01. The van der Waals surface area contributed by atoms with E-state index in [2.05, 4.69) is 4.98 Å². The van der Waals surface area contributed by atoms with Crippen molar-refractivity contribution >= 4 is 16.8 Å². The molecule has 0 saturated carbocycles. The van der Waals surface area contributed by atoms with Gasteiger partial charge in [0.25, 0.3) is 0 Å². The van der Waals surface area contributed by atoms with Crippen LogP contribution in [0.15, 0.2) is 60.7 Å². The van der Waals surface area contributed by atoms with Crippen LogP contribution in [0.4, 0.5) is 4.39 Å². The highest BCUT2D eigenvalue weighted by Crippen LogP contribution is 2.40. The molecule has 6 nitrogen and oxygen atoms in total. The van der Waals surface area contributed by atoms with E-state index in [9.17, 15) is 9.18 Å². The highest BCUT2D eigenvalue weighted by Gasteiger charge is 2.35. The van der Waals surface area contributed by atoms with Crippen LogP contribution in [0.1, 0.15) is 42.3 Å². The molecule has 4 aromatic rings. The van der Waals surface area contributed by atoms with Crippen LogP contribution in [-0.4, -0.2) is 42.7 Å². The lowest BCUT2D eigenvalue weighted by atomic mass is 9.91. The van der Waals surface area contributed by atoms with Crippen molar-refractivity contribution in [2.24, 2.45) is 0 Å². The van der Waals surface area contributed by atoms with Crippen LogP contribution in [0, 0.1) is 5.82 Å². The van der Waals surface area contributed by atoms with Gasteiger partial charge in [-0.1, -0.05) is 24.3 Å². The number of benzene rings is 3. The number of carbonyl (C=O) groups is 1. The first kappa shape index (κ1) is 24.7. The number of hydrogen-bond donors (Lipinski definition) is 1. The Balaban J connectivity index is 1.55. The molecule has 0 spiro atoms. The molecule has 1 atom stereocenters. The highest BCUT2D eigenvalue weighted by atomic mass is 19.1. The molecule has 0 aliphatic carbocycles. The molecule has 0 fully saturated rings. The van der Waals surface area contributed by atoms with E-state index in [1.807, 2.05) is 55.1 Å². The molecule has 3 aromatic carbocycles. The first-order valence-electron chi connectivity index (χ1n) is 12.6. The van der Waals surface area contributed by atoms with Crippen molar-refractivity contribution in [3.8, 4) is 17.2 Å². The number of methoxy groups -OCH3 is 1. The van der Waals surface area contributed by atoms with Crippen molar-refractivity contribution < 1.29 is 23.4 Å². The van der Waals surface area contributed by atoms with Gasteiger partial charge < -0.3 is 24.1 Å². The van der Waals surface area contributed by atoms with Gasteiger partial charge in [-0.25, -0.2) is 4.39 Å². The Hall–Kier alpha value is -4.00. The average molecular weight is 503 g/mol. The fourth-order valence-electron chi connectivity index (χ4n) is 5.20. The highest BCUT2D eigenvalue weighted by molar-refractivity contribution is 5.88. The van der Waals surface area contributed by atoms with E-state index < -0.39 is 0 Å². The number of nitrogens with one attached hydrogen (secondary N) is 1. The Morgan fingerprint density at radius 3 is 2.57 bits per heavy atom. The Bertz CT molecular complexity index is 1410. The topological polar surface area (TPSA) is 63.8 Å². The van der Waals surface area contributed by atoms with Gasteiger partial charge in [-0.05, 0) is 67.8 Å². The van der Waals surface area contributed by atoms with Crippen LogP contribution < -0.4 is 14.2 Å². The largest absolute Gasteiger partial charge is 0.497 e. The molecule has 1 aliphatic heterocycles. The van der Waals surface area contributed by atoms with Crippen molar-refractivity contribution in [2.75, 3.05) is 26.9 Å². The number of carbonyl (C=O) groups excluding carboxylic acids is 1. The van der Waals surface area contributed by atoms with Crippen LogP contribution in [0.3, 0.4) is 0 Å². The third-order valence-corrected chi connectivity index (χ3v) is 6.83. The maximum atomic E-state index is 13.9. The summed E-state index contributed by atoms with van der Waals surface area (Å²) < 4.78 is 30.9. The molecule has 1 aromatic heterocycles. The molecule has 1 aliphatic rings. The van der Waals surface area contributed by atoms with Crippen molar-refractivity contribution in [2.45, 2.75) is 32.7 Å². The second-order valence-corrected chi connectivity index (χ2v) is 9.01. The number of fused-ring (bicyclic) bond motifs is 3. The van der Waals surface area contributed by atoms with Gasteiger partial charge in [-0.3, -0.25) is 4.79 Å². The summed E-state index contributed by atoms with van der Waals surface area (Å²) in [4.78, 5) is 19.3. The standard InChI is InChI=1S/C30H31FN2O4/c1-4-36-26-8-6-7-20(30(26)37-5-2)17-27(34)33-16-15-23-24-18-22(35-3)13-14-25(24)32-28(23)29(33)19-9-11-21(31)12-10-19/h6-14,18,29,32H,4-5,15-17H2,1-3H3/t29-/m0/s1. The Morgan fingerprint density at radius 2 is 1.84 bits per heavy atom. The van der Waals surface area contributed by atoms with E-state index in [0.29, 0.717) is 37.7 Å². The number of hydrogen-bond acceptors (Lipinski definition) is 4. The summed E-state index contributed by atoms with van der Waals surface area (Å²) in [5, 5.41) is 1.08. The third-order valence-electron chi connectivity index (χ3n) is 6.83. The van der Waals surface area contributed by atoms with E-state index in [-0.39, 0.29) is 24.2 Å². The van der Waals surface area contributed by atoms with Crippen molar-refractivity contribution in [1.29, 1.82) is 0 Å². The van der Waals surface area contributed by atoms with Gasteiger partial charge in [0.05, 0.1) is 32.8 Å². The number of para-hydroxylation sites is 1. The van der Waals surface area contributed by atoms with Gasteiger partial charge in [0.2, 0.25) is 5.91 Å². The minimum absolute atomic E-state index is 0.0363. The van der Waals surface area contributed by atoms with E-state index >= 15 is 0 Å². The van der Waals surface area contributed by atoms with Crippen LogP contribution >= 0.6 is 0 Å². The number of ether oxygens (including phenoxy) is 3. The Kier molecular flexibility index (Phi) is 7.04. The van der Waals surface area contributed by atoms with Gasteiger partial charge in [-0.2, -0.15) is 0 Å². The monoisotopic (exact) mass is 502 g/mol. The van der Waals surface area contributed by atoms with E-state index in [1.165, 1.54) is 12.1 Å². The van der Waals surface area contributed by atoms with E-state index in [0.717, 1.165) is 39.0 Å². The summed E-state index contributed by atoms with van der Waals surface area (Å²) in [6.45, 7) is 5.34. The molecular formula is C30H31FN2O4. The van der Waals surface area contributed by atoms with Crippen LogP contribution in [0.2, 0.25) is 0 Å². The zero-order valence-electron chi connectivity index (χ0n) is 21.3. The van der Waals surface area contributed by atoms with Crippen LogP contribution in [0.25, 0.3) is 10.9 Å². The van der Waals surface area contributed by atoms with Gasteiger partial charge in [-0.15, -0.1) is 0 Å². The summed E-state index contributed by atoms with van der Waals surface area (Å²) in [5.41, 5.74) is 4.71. The Labute approximate surface area is 216 Å². The Morgan fingerprint density at radius 1 is 1.05 bits per heavy atom. The predicted molar refractivity (Wildman–Crippen MR) is 141 cm³/mol. The summed E-state index contributed by atoms with van der Waals surface area (Å²) in [6, 6.07) is 17.6. The first-order valence-corrected chi connectivity index (χ1v) is 12.6. The quantitative estimate of drug-likeness (QED) is 0.329. The smallest absolute Gasteiger partial charge is 0.227 e. The molecule has 5 rings (SSSR count). The molecule has 0 unspecified atom stereocenters. The molecule has 2 heterocycles. The third kappa shape index (κ3) is 4.73. The minimum atomic E-state index is -0.374. The van der Waals surface area contributed by atoms with Gasteiger partial charge in [0.1, 0.15) is 11.6 Å². The molecule has 37 heavy (non-hydrogen) atoms. The summed E-state index contributed by atoms with van der Waals surface area (Å²) in [6.07, 6.45) is 0.862. The lowest BCUT2D eigenvalue weighted by Gasteiger charge is -2.36. The number of halogens is 1. The first-order chi connectivity index (χ1) is 18.0. The zero-order chi connectivity index (χ0) is 25.9. The van der Waals surface area contributed by atoms with Gasteiger partial charge in [0, 0.05) is 28.7 Å². The van der Waals surface area contributed by atoms with Crippen molar-refractivity contribution in [3.05, 3.63) is 88.9 Å². The molecule has 0 radical (unpaired) electrons. The number of H-pyrrole nitrogens is 1. The SMILES string of the molecule is CCOc1cccc(CC(=O)N2CCc3c([nH]c4ccc(OC)cc34)[C@@H]2c2ccc(F)cc2)c1OCC. The van der Waals surface area contributed by atoms with E-state index in [1.54, 1.807) is 19.2 Å². The van der Waals surface area contributed by atoms with Gasteiger partial charge >= 0.3 is 0 Å².